The fourth-order valence-corrected chi connectivity index (χ4v) is 7.41. The summed E-state index contributed by atoms with van der Waals surface area (Å²) in [6.07, 6.45) is 9.19. The minimum Gasteiger partial charge on any atom is -0.373 e. The third-order valence-electron chi connectivity index (χ3n) is 7.59. The van der Waals surface area contributed by atoms with Gasteiger partial charge in [-0.3, -0.25) is 9.11 Å². The Hall–Kier alpha value is -1.68. The van der Waals surface area contributed by atoms with Crippen molar-refractivity contribution < 1.29 is 9.32 Å². The second-order valence-electron chi connectivity index (χ2n) is 9.14. The number of aliphatic hydroxyl groups is 1. The first kappa shape index (κ1) is 20.0. The minimum absolute atomic E-state index is 0.144. The summed E-state index contributed by atoms with van der Waals surface area (Å²) in [5, 5.41) is 14.7. The zero-order valence-electron chi connectivity index (χ0n) is 17.0. The Morgan fingerprint density at radius 1 is 1.19 bits per heavy atom. The number of aliphatic hydroxyl groups excluding tert-OH is 1. The van der Waals surface area contributed by atoms with Gasteiger partial charge in [-0.2, -0.15) is 0 Å². The van der Waals surface area contributed by atoms with E-state index in [9.17, 15) is 9.32 Å². The van der Waals surface area contributed by atoms with E-state index in [-0.39, 0.29) is 5.92 Å². The summed E-state index contributed by atoms with van der Waals surface area (Å²) in [4.78, 5) is 20.7. The fourth-order valence-electron chi connectivity index (χ4n) is 5.98. The van der Waals surface area contributed by atoms with Crippen molar-refractivity contribution in [2.24, 2.45) is 11.8 Å². The molecule has 2 aromatic rings. The van der Waals surface area contributed by atoms with Crippen molar-refractivity contribution in [3.05, 3.63) is 35.3 Å². The number of hydrogen-bond donors (Lipinski definition) is 2. The number of aromatic nitrogens is 4. The van der Waals surface area contributed by atoms with Crippen molar-refractivity contribution in [3.63, 3.8) is 0 Å². The molecule has 4 heterocycles. The number of halogens is 1. The summed E-state index contributed by atoms with van der Waals surface area (Å²) in [6.45, 7) is 1.03. The summed E-state index contributed by atoms with van der Waals surface area (Å²) in [6, 6.07) is 0.884. The lowest BCUT2D eigenvalue weighted by molar-refractivity contribution is -0.0261. The summed E-state index contributed by atoms with van der Waals surface area (Å²) >= 11 is 5.94. The van der Waals surface area contributed by atoms with Crippen LogP contribution in [0.15, 0.2) is 23.6 Å². The summed E-state index contributed by atoms with van der Waals surface area (Å²) in [7, 11) is -1.09. The molecule has 2 aromatic heterocycles. The fraction of sp³-hybridized carbons (Fsp3) is 0.619. The van der Waals surface area contributed by atoms with Crippen molar-refractivity contribution in [3.8, 4) is 0 Å². The van der Waals surface area contributed by atoms with E-state index in [4.69, 9.17) is 11.6 Å². The van der Waals surface area contributed by atoms with Crippen LogP contribution in [0.1, 0.15) is 43.1 Å². The van der Waals surface area contributed by atoms with Crippen LogP contribution in [0.4, 0.5) is 5.82 Å². The van der Waals surface area contributed by atoms with E-state index in [1.807, 2.05) is 0 Å². The topological polar surface area (TPSA) is 104 Å². The quantitative estimate of drug-likeness (QED) is 0.652. The van der Waals surface area contributed by atoms with E-state index in [2.05, 4.69) is 30.2 Å². The molecule has 3 fully saturated rings. The summed E-state index contributed by atoms with van der Waals surface area (Å²) < 4.78 is 12.3. The molecule has 0 aromatic carbocycles. The molecule has 8 nitrogen and oxygen atoms in total. The Morgan fingerprint density at radius 3 is 2.74 bits per heavy atom. The molecule has 0 spiro atoms. The lowest BCUT2D eigenvalue weighted by Crippen LogP contribution is -2.56. The van der Waals surface area contributed by atoms with Gasteiger partial charge in [0, 0.05) is 55.0 Å². The monoisotopic (exact) mass is 460 g/mol. The van der Waals surface area contributed by atoms with E-state index >= 15 is 0 Å². The van der Waals surface area contributed by atoms with E-state index in [1.54, 1.807) is 12.4 Å². The van der Waals surface area contributed by atoms with Gasteiger partial charge >= 0.3 is 0 Å². The molecular weight excluding hydrogens is 436 g/mol. The van der Waals surface area contributed by atoms with Gasteiger partial charge in [0.15, 0.2) is 0 Å². The van der Waals surface area contributed by atoms with E-state index in [1.165, 1.54) is 12.7 Å². The van der Waals surface area contributed by atoms with Crippen molar-refractivity contribution in [1.82, 2.24) is 24.8 Å². The standard InChI is InChI=1S/C21H25ClN6O2S/c22-12-7-23-19(24-8-12)15-6-13-5-11(15)9-28(13)17-2-1-14(17)21(29)27-20-18-16(25-10-26-20)3-4-31(18)30/h7-8,10-11,13-15,17,21,29H,1-6,9H2,(H,25,26,27)/t11?,13?,14?,15?,17?,21?,31-/m0/s1. The number of hydrogen-bond acceptors (Lipinski definition) is 8. The molecule has 10 heteroatoms. The molecule has 31 heavy (non-hydrogen) atoms. The SMILES string of the molecule is O=[S@]1CCc2ncnc(NC(O)C3CCC3N3CC4CC3CC4c3ncc(Cl)cn3)c21. The van der Waals surface area contributed by atoms with Crippen LogP contribution in [0.2, 0.25) is 5.02 Å². The van der Waals surface area contributed by atoms with Crippen LogP contribution in [-0.2, 0) is 17.2 Å². The maximum Gasteiger partial charge on any atom is 0.147 e. The van der Waals surface area contributed by atoms with Crippen LogP contribution in [0.3, 0.4) is 0 Å². The van der Waals surface area contributed by atoms with E-state index < -0.39 is 17.0 Å². The lowest BCUT2D eigenvalue weighted by Gasteiger charge is -2.48. The molecule has 164 valence electrons. The van der Waals surface area contributed by atoms with Crippen molar-refractivity contribution in [1.29, 1.82) is 0 Å². The molecule has 6 unspecified atom stereocenters. The van der Waals surface area contributed by atoms with Crippen LogP contribution >= 0.6 is 11.6 Å². The van der Waals surface area contributed by atoms with Crippen LogP contribution < -0.4 is 5.32 Å². The van der Waals surface area contributed by atoms with Crippen LogP contribution in [-0.4, -0.2) is 64.8 Å². The third-order valence-corrected chi connectivity index (χ3v) is 9.25. The highest BCUT2D eigenvalue weighted by Crippen LogP contribution is 2.50. The van der Waals surface area contributed by atoms with Crippen LogP contribution in [0.25, 0.3) is 0 Å². The highest BCUT2D eigenvalue weighted by Gasteiger charge is 2.52. The van der Waals surface area contributed by atoms with E-state index in [0.717, 1.165) is 37.3 Å². The zero-order chi connectivity index (χ0) is 21.1. The van der Waals surface area contributed by atoms with Gasteiger partial charge < -0.3 is 10.4 Å². The predicted molar refractivity (Wildman–Crippen MR) is 116 cm³/mol. The second kappa shape index (κ2) is 7.72. The highest BCUT2D eigenvalue weighted by molar-refractivity contribution is 7.85. The molecule has 2 saturated carbocycles. The second-order valence-corrected chi connectivity index (χ2v) is 11.1. The molecular formula is C21H25ClN6O2S. The number of likely N-dealkylation sites (tertiary alicyclic amines) is 1. The third kappa shape index (κ3) is 3.37. The van der Waals surface area contributed by atoms with Gasteiger partial charge in [0.1, 0.15) is 29.1 Å². The number of anilines is 1. The van der Waals surface area contributed by atoms with Crippen LogP contribution in [0.5, 0.6) is 0 Å². The molecule has 6 rings (SSSR count). The number of nitrogens with one attached hydrogen (secondary N) is 1. The molecule has 1 saturated heterocycles. The number of rotatable bonds is 5. The minimum atomic E-state index is -1.09. The maximum absolute atomic E-state index is 12.3. The van der Waals surface area contributed by atoms with Gasteiger partial charge in [0.2, 0.25) is 0 Å². The lowest BCUT2D eigenvalue weighted by atomic mass is 9.76. The molecule has 2 bridgehead atoms. The number of piperidine rings is 1. The zero-order valence-corrected chi connectivity index (χ0v) is 18.6. The normalized spacial score (nSPS) is 35.0. The molecule has 2 aliphatic heterocycles. The first-order valence-corrected chi connectivity index (χ1v) is 12.7. The van der Waals surface area contributed by atoms with Gasteiger partial charge in [-0.15, -0.1) is 0 Å². The largest absolute Gasteiger partial charge is 0.373 e. The van der Waals surface area contributed by atoms with Gasteiger partial charge in [0.05, 0.1) is 21.5 Å². The van der Waals surface area contributed by atoms with Gasteiger partial charge in [0.25, 0.3) is 0 Å². The summed E-state index contributed by atoms with van der Waals surface area (Å²) in [5.74, 6) is 3.13. The molecule has 0 amide bonds. The molecule has 4 aliphatic rings. The van der Waals surface area contributed by atoms with Crippen molar-refractivity contribution in [2.45, 2.75) is 61.2 Å². The van der Waals surface area contributed by atoms with Crippen molar-refractivity contribution >= 4 is 28.2 Å². The number of nitrogens with zero attached hydrogens (tertiary/aromatic N) is 5. The Morgan fingerprint density at radius 2 is 2.03 bits per heavy atom. The molecule has 2 aliphatic carbocycles. The highest BCUT2D eigenvalue weighted by atomic mass is 35.5. The Bertz CT molecular complexity index is 1020. The van der Waals surface area contributed by atoms with E-state index in [0.29, 0.717) is 51.8 Å². The Kier molecular flexibility index (Phi) is 4.97. The maximum atomic E-state index is 12.3. The van der Waals surface area contributed by atoms with Crippen LogP contribution in [0, 0.1) is 11.8 Å². The van der Waals surface area contributed by atoms with Gasteiger partial charge in [-0.1, -0.05) is 11.6 Å². The Balaban J connectivity index is 1.12. The van der Waals surface area contributed by atoms with Crippen molar-refractivity contribution in [2.75, 3.05) is 17.6 Å². The average Bonchev–Trinajstić information content (AvgIpc) is 3.43. The first-order chi connectivity index (χ1) is 15.1. The molecule has 7 atom stereocenters. The predicted octanol–water partition coefficient (Wildman–Crippen LogP) is 1.97. The number of fused-ring (bicyclic) bond motifs is 3. The smallest absolute Gasteiger partial charge is 0.147 e. The number of aryl methyl sites for hydroxylation is 1. The Labute approximate surface area is 188 Å². The van der Waals surface area contributed by atoms with Gasteiger partial charge in [-0.25, -0.2) is 19.9 Å². The summed E-state index contributed by atoms with van der Waals surface area (Å²) in [5.41, 5.74) is 0.834. The van der Waals surface area contributed by atoms with Gasteiger partial charge in [-0.05, 0) is 31.6 Å². The molecule has 2 N–H and O–H groups in total. The molecule has 0 radical (unpaired) electrons. The first-order valence-electron chi connectivity index (χ1n) is 11.0. The average molecular weight is 461 g/mol.